The molecule has 2 heterocycles. The molecule has 1 fully saturated rings. The van der Waals surface area contributed by atoms with E-state index in [2.05, 4.69) is 11.6 Å². The van der Waals surface area contributed by atoms with E-state index in [1.54, 1.807) is 6.20 Å². The van der Waals surface area contributed by atoms with Crippen molar-refractivity contribution < 1.29 is 9.53 Å². The van der Waals surface area contributed by atoms with Gasteiger partial charge < -0.3 is 15.0 Å². The molecule has 1 saturated heterocycles. The summed E-state index contributed by atoms with van der Waals surface area (Å²) in [4.78, 5) is 16.1. The lowest BCUT2D eigenvalue weighted by Crippen LogP contribution is -2.24. The van der Waals surface area contributed by atoms with E-state index >= 15 is 0 Å². The van der Waals surface area contributed by atoms with Gasteiger partial charge in [-0.05, 0) is 19.8 Å². The second-order valence-corrected chi connectivity index (χ2v) is 4.26. The van der Waals surface area contributed by atoms with Crippen LogP contribution in [0.5, 0.6) is 0 Å². The molecular weight excluding hydrogens is 218 g/mol. The highest BCUT2D eigenvalue weighted by Crippen LogP contribution is 2.24. The number of rotatable bonds is 3. The van der Waals surface area contributed by atoms with E-state index in [9.17, 15) is 4.79 Å². The molecule has 5 nitrogen and oxygen atoms in total. The number of allylic oxidation sites excluding steroid dienone is 1. The lowest BCUT2D eigenvalue weighted by Gasteiger charge is -2.26. The van der Waals surface area contributed by atoms with Gasteiger partial charge in [0.2, 0.25) is 5.78 Å². The summed E-state index contributed by atoms with van der Waals surface area (Å²) >= 11 is 0. The number of carbonyl (C=O) groups excluding carboxylic acids is 1. The number of carbonyl (C=O) groups is 1. The first-order chi connectivity index (χ1) is 8.11. The molecule has 1 aromatic heterocycles. The van der Waals surface area contributed by atoms with E-state index in [1.807, 2.05) is 11.5 Å². The highest BCUT2D eigenvalue weighted by atomic mass is 16.5. The zero-order valence-electron chi connectivity index (χ0n) is 9.98. The Morgan fingerprint density at radius 3 is 2.82 bits per heavy atom. The molecule has 92 valence electrons. The van der Waals surface area contributed by atoms with E-state index < -0.39 is 0 Å². The van der Waals surface area contributed by atoms with E-state index in [4.69, 9.17) is 10.5 Å². The number of hydrogen-bond acceptors (Lipinski definition) is 4. The molecule has 2 rings (SSSR count). The zero-order chi connectivity index (χ0) is 12.4. The van der Waals surface area contributed by atoms with Crippen molar-refractivity contribution in [2.45, 2.75) is 25.8 Å². The van der Waals surface area contributed by atoms with Gasteiger partial charge in [0.1, 0.15) is 11.5 Å². The number of nitrogens with two attached hydrogens (primary N) is 1. The predicted octanol–water partition coefficient (Wildman–Crippen LogP) is 1.20. The van der Waals surface area contributed by atoms with Crippen molar-refractivity contribution >= 4 is 5.78 Å². The number of ketones is 1. The lowest BCUT2D eigenvalue weighted by molar-refractivity contribution is 0.0676. The molecule has 0 spiro atoms. The molecule has 0 bridgehead atoms. The highest BCUT2D eigenvalue weighted by Gasteiger charge is 2.23. The van der Waals surface area contributed by atoms with Crippen LogP contribution in [0.3, 0.4) is 0 Å². The molecule has 1 aliphatic rings. The van der Waals surface area contributed by atoms with Gasteiger partial charge in [-0.15, -0.1) is 0 Å². The van der Waals surface area contributed by atoms with Gasteiger partial charge in [0.05, 0.1) is 11.9 Å². The minimum atomic E-state index is -0.239. The molecule has 0 aliphatic carbocycles. The van der Waals surface area contributed by atoms with E-state index in [0.717, 1.165) is 31.9 Å². The maximum Gasteiger partial charge on any atom is 0.225 e. The topological polar surface area (TPSA) is 70.1 Å². The van der Waals surface area contributed by atoms with Crippen LogP contribution in [-0.2, 0) is 4.74 Å². The van der Waals surface area contributed by atoms with Crippen molar-refractivity contribution in [3.63, 3.8) is 0 Å². The third-order valence-corrected chi connectivity index (χ3v) is 3.06. The fourth-order valence-corrected chi connectivity index (χ4v) is 2.19. The van der Waals surface area contributed by atoms with Crippen LogP contribution in [0.25, 0.3) is 0 Å². The Kier molecular flexibility index (Phi) is 3.28. The quantitative estimate of drug-likeness (QED) is 0.631. The second-order valence-electron chi connectivity index (χ2n) is 4.26. The van der Waals surface area contributed by atoms with Gasteiger partial charge in [0, 0.05) is 19.3 Å². The fourth-order valence-electron chi connectivity index (χ4n) is 2.19. The van der Waals surface area contributed by atoms with Crippen LogP contribution < -0.4 is 5.73 Å². The Bertz CT molecular complexity index is 445. The first kappa shape index (κ1) is 11.9. The first-order valence-electron chi connectivity index (χ1n) is 5.72. The van der Waals surface area contributed by atoms with Gasteiger partial charge >= 0.3 is 0 Å². The van der Waals surface area contributed by atoms with Gasteiger partial charge in [-0.1, -0.05) is 6.58 Å². The molecule has 0 atom stereocenters. The second kappa shape index (κ2) is 4.71. The monoisotopic (exact) mass is 235 g/mol. The summed E-state index contributed by atoms with van der Waals surface area (Å²) in [6, 6.07) is 0.268. The third kappa shape index (κ3) is 2.24. The van der Waals surface area contributed by atoms with E-state index in [1.165, 1.54) is 0 Å². The number of aromatic nitrogens is 2. The average molecular weight is 235 g/mol. The van der Waals surface area contributed by atoms with Crippen molar-refractivity contribution in [1.29, 1.82) is 0 Å². The summed E-state index contributed by atoms with van der Waals surface area (Å²) in [6.45, 7) is 6.83. The molecule has 17 heavy (non-hydrogen) atoms. The lowest BCUT2D eigenvalue weighted by atomic mass is 10.1. The Hall–Kier alpha value is -1.62. The Balaban J connectivity index is 2.34. The van der Waals surface area contributed by atoms with Gasteiger partial charge in [-0.25, -0.2) is 4.98 Å². The molecule has 1 aliphatic heterocycles. The van der Waals surface area contributed by atoms with Gasteiger partial charge in [-0.3, -0.25) is 4.79 Å². The molecule has 0 amide bonds. The largest absolute Gasteiger partial charge is 0.396 e. The predicted molar refractivity (Wildman–Crippen MR) is 63.7 cm³/mol. The molecule has 0 aromatic carbocycles. The molecule has 2 N–H and O–H groups in total. The average Bonchev–Trinajstić information content (AvgIpc) is 2.71. The molecule has 0 radical (unpaired) electrons. The van der Waals surface area contributed by atoms with Gasteiger partial charge in [0.15, 0.2) is 0 Å². The van der Waals surface area contributed by atoms with Gasteiger partial charge in [0.25, 0.3) is 0 Å². The van der Waals surface area contributed by atoms with Crippen LogP contribution in [0.15, 0.2) is 18.5 Å². The van der Waals surface area contributed by atoms with Crippen molar-refractivity contribution in [2.24, 2.45) is 5.73 Å². The number of ether oxygens (including phenoxy) is 1. The number of hydrogen-bond donors (Lipinski definition) is 1. The standard InChI is InChI=1S/C12H17N3O2/c1-8(13)12(16)11-7-14-9(2)15(11)10-3-5-17-6-4-10/h7,10H,1,3-6,13H2,2H3. The molecular formula is C12H17N3O2. The molecule has 5 heteroatoms. The minimum absolute atomic E-state index is 0.0539. The number of aryl methyl sites for hydroxylation is 1. The first-order valence-corrected chi connectivity index (χ1v) is 5.72. The van der Waals surface area contributed by atoms with E-state index in [0.29, 0.717) is 5.69 Å². The summed E-state index contributed by atoms with van der Waals surface area (Å²) in [6.07, 6.45) is 3.37. The third-order valence-electron chi connectivity index (χ3n) is 3.06. The summed E-state index contributed by atoms with van der Waals surface area (Å²) in [5.74, 6) is 0.596. The summed E-state index contributed by atoms with van der Waals surface area (Å²) < 4.78 is 7.29. The van der Waals surface area contributed by atoms with Crippen LogP contribution >= 0.6 is 0 Å². The highest BCUT2D eigenvalue weighted by molar-refractivity contribution is 6.06. The number of imidazole rings is 1. The Morgan fingerprint density at radius 2 is 2.24 bits per heavy atom. The fraction of sp³-hybridized carbons (Fsp3) is 0.500. The van der Waals surface area contributed by atoms with Crippen molar-refractivity contribution in [2.75, 3.05) is 13.2 Å². The van der Waals surface area contributed by atoms with E-state index in [-0.39, 0.29) is 17.5 Å². The summed E-state index contributed by atoms with van der Waals surface area (Å²) in [5, 5.41) is 0. The molecule has 0 saturated carbocycles. The van der Waals surface area contributed by atoms with Crippen LogP contribution in [0.1, 0.15) is 35.2 Å². The maximum atomic E-state index is 11.9. The Morgan fingerprint density at radius 1 is 1.59 bits per heavy atom. The minimum Gasteiger partial charge on any atom is -0.396 e. The van der Waals surface area contributed by atoms with Crippen molar-refractivity contribution in [1.82, 2.24) is 9.55 Å². The zero-order valence-corrected chi connectivity index (χ0v) is 9.98. The van der Waals surface area contributed by atoms with Crippen LogP contribution in [0, 0.1) is 6.92 Å². The Labute approximate surface area is 100 Å². The van der Waals surface area contributed by atoms with Gasteiger partial charge in [-0.2, -0.15) is 0 Å². The molecule has 1 aromatic rings. The van der Waals surface area contributed by atoms with Crippen LogP contribution in [0.2, 0.25) is 0 Å². The van der Waals surface area contributed by atoms with Crippen molar-refractivity contribution in [3.8, 4) is 0 Å². The normalized spacial score (nSPS) is 17.0. The van der Waals surface area contributed by atoms with Crippen LogP contribution in [-0.4, -0.2) is 28.5 Å². The van der Waals surface area contributed by atoms with Crippen LogP contribution in [0.4, 0.5) is 0 Å². The number of Topliss-reactive ketones (excluding diaryl/α,β-unsaturated/α-hetero) is 1. The smallest absolute Gasteiger partial charge is 0.225 e. The summed E-state index contributed by atoms with van der Waals surface area (Å²) in [5.41, 5.74) is 6.05. The number of nitrogens with zero attached hydrogens (tertiary/aromatic N) is 2. The van der Waals surface area contributed by atoms with Crippen molar-refractivity contribution in [3.05, 3.63) is 30.0 Å². The summed E-state index contributed by atoms with van der Waals surface area (Å²) in [7, 11) is 0. The SMILES string of the molecule is C=C(N)C(=O)c1cnc(C)n1C1CCOCC1. The molecule has 0 unspecified atom stereocenters. The maximum absolute atomic E-state index is 11.9.